The summed E-state index contributed by atoms with van der Waals surface area (Å²) < 4.78 is 42.3. The highest BCUT2D eigenvalue weighted by molar-refractivity contribution is 5.75. The number of hydrogen-bond acceptors (Lipinski definition) is 2. The number of carbonyl (C=O) groups excluding carboxylic acids is 1. The maximum Gasteiger partial charge on any atom is 0.412 e. The first-order valence-electron chi connectivity index (χ1n) is 5.86. The van der Waals surface area contributed by atoms with Gasteiger partial charge in [-0.25, -0.2) is 4.79 Å². The molecule has 0 aromatic rings. The number of nitrogens with one attached hydrogen (secondary N) is 1. The molecule has 0 bridgehead atoms. The van der Waals surface area contributed by atoms with Gasteiger partial charge in [-0.3, -0.25) is 0 Å². The molecule has 1 N–H and O–H groups in total. The largest absolute Gasteiger partial charge is 0.412 e. The van der Waals surface area contributed by atoms with E-state index < -0.39 is 11.7 Å². The average Bonchev–Trinajstić information content (AvgIpc) is 2.81. The van der Waals surface area contributed by atoms with E-state index in [1.54, 1.807) is 0 Å². The Balaban J connectivity index is 1.85. The highest BCUT2D eigenvalue weighted by Gasteiger charge is 2.35. The molecule has 7 heteroatoms. The molecule has 0 aliphatic carbocycles. The van der Waals surface area contributed by atoms with Gasteiger partial charge < -0.3 is 15.0 Å². The van der Waals surface area contributed by atoms with E-state index in [1.807, 2.05) is 0 Å². The quantitative estimate of drug-likeness (QED) is 0.732. The van der Waals surface area contributed by atoms with Crippen LogP contribution in [0.1, 0.15) is 12.8 Å². The maximum atomic E-state index is 12.4. The summed E-state index contributed by atoms with van der Waals surface area (Å²) in [7, 11) is 0. The lowest BCUT2D eigenvalue weighted by atomic mass is 10.1. The van der Waals surface area contributed by atoms with Crippen molar-refractivity contribution in [3.05, 3.63) is 11.6 Å². The molecule has 0 aromatic carbocycles. The molecule has 0 aromatic heterocycles. The molecule has 1 atom stereocenters. The molecule has 4 nitrogen and oxygen atoms in total. The van der Waals surface area contributed by atoms with Crippen molar-refractivity contribution in [1.29, 1.82) is 0 Å². The number of amides is 2. The lowest BCUT2D eigenvalue weighted by Crippen LogP contribution is -2.47. The summed E-state index contributed by atoms with van der Waals surface area (Å²) in [6.07, 6.45) is -2.59. The number of urea groups is 1. The van der Waals surface area contributed by atoms with Gasteiger partial charge in [0.25, 0.3) is 0 Å². The van der Waals surface area contributed by atoms with E-state index in [1.165, 1.54) is 4.90 Å². The van der Waals surface area contributed by atoms with Gasteiger partial charge in [-0.2, -0.15) is 13.2 Å². The second kappa shape index (κ2) is 5.17. The van der Waals surface area contributed by atoms with E-state index in [9.17, 15) is 18.0 Å². The van der Waals surface area contributed by atoms with Gasteiger partial charge in [0.2, 0.25) is 0 Å². The zero-order valence-electron chi connectivity index (χ0n) is 9.79. The molecule has 0 radical (unpaired) electrons. The Bertz CT molecular complexity index is 349. The average molecular weight is 264 g/mol. The number of carbonyl (C=O) groups is 1. The summed E-state index contributed by atoms with van der Waals surface area (Å²) in [4.78, 5) is 13.1. The second-order valence-electron chi connectivity index (χ2n) is 4.43. The first kappa shape index (κ1) is 13.2. The van der Waals surface area contributed by atoms with E-state index in [4.69, 9.17) is 4.74 Å². The molecule has 1 fully saturated rings. The van der Waals surface area contributed by atoms with Crippen LogP contribution in [0.15, 0.2) is 11.6 Å². The first-order valence-corrected chi connectivity index (χ1v) is 5.86. The number of nitrogens with zero attached hydrogens (tertiary/aromatic N) is 1. The van der Waals surface area contributed by atoms with Crippen molar-refractivity contribution in [3.8, 4) is 0 Å². The predicted molar refractivity (Wildman–Crippen MR) is 58.1 cm³/mol. The zero-order valence-corrected chi connectivity index (χ0v) is 9.79. The van der Waals surface area contributed by atoms with Gasteiger partial charge in [0.05, 0.1) is 12.6 Å². The fourth-order valence-corrected chi connectivity index (χ4v) is 2.03. The van der Waals surface area contributed by atoms with Crippen molar-refractivity contribution >= 4 is 6.03 Å². The van der Waals surface area contributed by atoms with Crippen molar-refractivity contribution in [1.82, 2.24) is 10.2 Å². The van der Waals surface area contributed by atoms with Crippen LogP contribution < -0.4 is 5.32 Å². The highest BCUT2D eigenvalue weighted by atomic mass is 19.4. The van der Waals surface area contributed by atoms with Crippen LogP contribution in [0, 0.1) is 0 Å². The number of ether oxygens (including phenoxy) is 1. The molecule has 18 heavy (non-hydrogen) atoms. The minimum atomic E-state index is -4.28. The van der Waals surface area contributed by atoms with E-state index in [0.29, 0.717) is 13.2 Å². The molecule has 1 unspecified atom stereocenters. The van der Waals surface area contributed by atoms with Crippen molar-refractivity contribution in [2.45, 2.75) is 25.1 Å². The zero-order chi connectivity index (χ0) is 13.2. The number of hydrogen-bond donors (Lipinski definition) is 1. The summed E-state index contributed by atoms with van der Waals surface area (Å²) in [6, 6.07) is -0.339. The third-order valence-corrected chi connectivity index (χ3v) is 3.12. The Kier molecular flexibility index (Phi) is 3.79. The minimum Gasteiger partial charge on any atom is -0.379 e. The maximum absolute atomic E-state index is 12.4. The van der Waals surface area contributed by atoms with Crippen LogP contribution in [-0.2, 0) is 4.74 Å². The molecule has 2 heterocycles. The Morgan fingerprint density at radius 1 is 1.50 bits per heavy atom. The fourth-order valence-electron chi connectivity index (χ4n) is 2.03. The standard InChI is InChI=1S/C11H15F3N2O2/c12-11(13,14)8-1-4-16(5-2-8)10(17)15-9-3-6-18-7-9/h1,9H,2-7H2,(H,15,17). The molecule has 2 rings (SSSR count). The topological polar surface area (TPSA) is 41.6 Å². The van der Waals surface area contributed by atoms with Crippen LogP contribution in [0.2, 0.25) is 0 Å². The van der Waals surface area contributed by atoms with E-state index in [0.717, 1.165) is 12.5 Å². The molecule has 0 saturated carbocycles. The van der Waals surface area contributed by atoms with Crippen molar-refractivity contribution in [2.24, 2.45) is 0 Å². The van der Waals surface area contributed by atoms with Gasteiger partial charge in [0.15, 0.2) is 0 Å². The number of rotatable bonds is 1. The summed E-state index contributed by atoms with van der Waals surface area (Å²) in [5.74, 6) is 0. The summed E-state index contributed by atoms with van der Waals surface area (Å²) in [5.41, 5.74) is -0.546. The lowest BCUT2D eigenvalue weighted by molar-refractivity contribution is -0.0956. The van der Waals surface area contributed by atoms with Gasteiger partial charge in [-0.05, 0) is 12.8 Å². The van der Waals surface area contributed by atoms with Crippen molar-refractivity contribution < 1.29 is 22.7 Å². The predicted octanol–water partition coefficient (Wildman–Crippen LogP) is 1.68. The van der Waals surface area contributed by atoms with Gasteiger partial charge in [0, 0.05) is 25.3 Å². The summed E-state index contributed by atoms with van der Waals surface area (Å²) in [5, 5.41) is 2.75. The molecule has 1 saturated heterocycles. The van der Waals surface area contributed by atoms with E-state index >= 15 is 0 Å². The Morgan fingerprint density at radius 2 is 2.28 bits per heavy atom. The molecule has 2 aliphatic rings. The van der Waals surface area contributed by atoms with Crippen LogP contribution in [-0.4, -0.2) is 49.5 Å². The van der Waals surface area contributed by atoms with Gasteiger partial charge >= 0.3 is 12.2 Å². The second-order valence-corrected chi connectivity index (χ2v) is 4.43. The molecule has 102 valence electrons. The minimum absolute atomic E-state index is 0.00819. The number of alkyl halides is 3. The lowest BCUT2D eigenvalue weighted by Gasteiger charge is -2.28. The molecule has 2 aliphatic heterocycles. The molecular weight excluding hydrogens is 249 g/mol. The Morgan fingerprint density at radius 3 is 2.78 bits per heavy atom. The third-order valence-electron chi connectivity index (χ3n) is 3.12. The number of halogens is 3. The van der Waals surface area contributed by atoms with Crippen LogP contribution in [0.5, 0.6) is 0 Å². The molecule has 0 spiro atoms. The van der Waals surface area contributed by atoms with E-state index in [2.05, 4.69) is 5.32 Å². The van der Waals surface area contributed by atoms with Crippen molar-refractivity contribution in [2.75, 3.05) is 26.3 Å². The summed E-state index contributed by atoms with van der Waals surface area (Å²) >= 11 is 0. The third kappa shape index (κ3) is 3.16. The smallest absolute Gasteiger partial charge is 0.379 e. The Hall–Kier alpha value is -1.24. The van der Waals surface area contributed by atoms with Crippen LogP contribution >= 0.6 is 0 Å². The first-order chi connectivity index (χ1) is 8.47. The highest BCUT2D eigenvalue weighted by Crippen LogP contribution is 2.30. The van der Waals surface area contributed by atoms with Gasteiger partial charge in [-0.1, -0.05) is 6.08 Å². The monoisotopic (exact) mass is 264 g/mol. The van der Waals surface area contributed by atoms with Gasteiger partial charge in [0.1, 0.15) is 0 Å². The van der Waals surface area contributed by atoms with Crippen LogP contribution in [0.4, 0.5) is 18.0 Å². The van der Waals surface area contributed by atoms with Crippen LogP contribution in [0.3, 0.4) is 0 Å². The van der Waals surface area contributed by atoms with E-state index in [-0.39, 0.29) is 31.6 Å². The normalized spacial score (nSPS) is 24.9. The fraction of sp³-hybridized carbons (Fsp3) is 0.727. The SMILES string of the molecule is O=C(NC1CCOC1)N1CC=C(C(F)(F)F)CC1. The van der Waals surface area contributed by atoms with Gasteiger partial charge in [-0.15, -0.1) is 0 Å². The molecular formula is C11H15F3N2O2. The van der Waals surface area contributed by atoms with Crippen molar-refractivity contribution in [3.63, 3.8) is 0 Å². The summed E-state index contributed by atoms with van der Waals surface area (Å²) in [6.45, 7) is 1.20. The molecule has 2 amide bonds. The Labute approximate surface area is 103 Å². The van der Waals surface area contributed by atoms with Crippen LogP contribution in [0.25, 0.3) is 0 Å².